The number of carbonyl (C=O) groups excluding carboxylic acids is 3. The molecule has 0 heterocycles. The molecule has 0 aromatic carbocycles. The smallest absolute Gasteiger partial charge is 0.548 e. The molecule has 9 N–H and O–H groups in total. The molecule has 16 heteroatoms. The minimum Gasteiger partial charge on any atom is -0.548 e. The molecule has 0 aliphatic rings. The fourth-order valence-corrected chi connectivity index (χ4v) is 0.814. The molecule has 0 aromatic rings. The number of carboxylic acid groups (broad SMARTS) is 6. The molecule has 15 nitrogen and oxygen atoms in total. The number of aliphatic carboxylic acids is 6. The van der Waals surface area contributed by atoms with Gasteiger partial charge in [0, 0.05) is 0 Å². The van der Waals surface area contributed by atoms with Crippen LogP contribution in [0.3, 0.4) is 0 Å². The monoisotopic (exact) mass is 448 g/mol. The molecule has 0 amide bonds. The molecule has 0 aliphatic heterocycles. The fourth-order valence-electron chi connectivity index (χ4n) is 0.814. The van der Waals surface area contributed by atoms with Crippen molar-refractivity contribution in [3.8, 4) is 0 Å². The number of hydrogen-bond acceptors (Lipinski definition) is 12. The van der Waals surface area contributed by atoms with Crippen molar-refractivity contribution in [2.24, 2.45) is 17.2 Å². The van der Waals surface area contributed by atoms with E-state index in [4.69, 9.17) is 32.5 Å². The molecular weight excluding hydrogens is 430 g/mol. The summed E-state index contributed by atoms with van der Waals surface area (Å²) in [7, 11) is 0. The molecular formula is C12H18CrN3O12. The third-order valence-electron chi connectivity index (χ3n) is 2.09. The van der Waals surface area contributed by atoms with E-state index in [9.17, 15) is 44.1 Å². The van der Waals surface area contributed by atoms with Crippen molar-refractivity contribution in [2.45, 2.75) is 37.4 Å². The first-order chi connectivity index (χ1) is 12.1. The maximum absolute atomic E-state index is 9.74. The third kappa shape index (κ3) is 25.5. The van der Waals surface area contributed by atoms with Crippen molar-refractivity contribution in [2.75, 3.05) is 0 Å². The first-order valence-electron chi connectivity index (χ1n) is 6.66. The van der Waals surface area contributed by atoms with Crippen molar-refractivity contribution in [3.63, 3.8) is 0 Å². The summed E-state index contributed by atoms with van der Waals surface area (Å²) in [5, 5.41) is 53.1. The van der Waals surface area contributed by atoms with Crippen molar-refractivity contribution in [3.05, 3.63) is 0 Å². The van der Waals surface area contributed by atoms with Gasteiger partial charge in [-0.1, -0.05) is 0 Å². The quantitative estimate of drug-likeness (QED) is 0.191. The summed E-state index contributed by atoms with van der Waals surface area (Å²) in [5.74, 6) is -8.36. The topological polar surface area (TPSA) is 310 Å². The Labute approximate surface area is 167 Å². The second kappa shape index (κ2) is 17.6. The molecule has 0 aromatic heterocycles. The van der Waals surface area contributed by atoms with Crippen LogP contribution in [0.15, 0.2) is 0 Å². The normalized spacial score (nSPS) is 12.1. The van der Waals surface area contributed by atoms with E-state index in [2.05, 4.69) is 0 Å². The van der Waals surface area contributed by atoms with Gasteiger partial charge >= 0.3 is 35.3 Å². The Morgan fingerprint density at radius 2 is 0.714 bits per heavy atom. The molecule has 0 spiro atoms. The van der Waals surface area contributed by atoms with Crippen LogP contribution >= 0.6 is 0 Å². The molecule has 0 fully saturated rings. The van der Waals surface area contributed by atoms with Gasteiger partial charge in [0.1, 0.15) is 0 Å². The summed E-state index contributed by atoms with van der Waals surface area (Å²) in [6.07, 6.45) is -1.78. The van der Waals surface area contributed by atoms with E-state index in [-0.39, 0.29) is 17.4 Å². The summed E-state index contributed by atoms with van der Waals surface area (Å²) < 4.78 is 0. The molecule has 0 saturated carbocycles. The van der Waals surface area contributed by atoms with E-state index in [1.807, 2.05) is 0 Å². The second-order valence-electron chi connectivity index (χ2n) is 4.57. The maximum atomic E-state index is 9.74. The van der Waals surface area contributed by atoms with Gasteiger partial charge in [0.2, 0.25) is 0 Å². The molecule has 159 valence electrons. The number of carbonyl (C=O) groups is 6. The van der Waals surface area contributed by atoms with Gasteiger partial charge in [0.15, 0.2) is 0 Å². The van der Waals surface area contributed by atoms with Crippen LogP contribution in [-0.4, -0.2) is 69.3 Å². The van der Waals surface area contributed by atoms with E-state index in [1.54, 1.807) is 0 Å². The van der Waals surface area contributed by atoms with Gasteiger partial charge in [-0.05, 0) is 0 Å². The van der Waals surface area contributed by atoms with Crippen LogP contribution in [0.2, 0.25) is 0 Å². The third-order valence-corrected chi connectivity index (χ3v) is 2.09. The van der Waals surface area contributed by atoms with Gasteiger partial charge in [-0.3, -0.25) is 14.4 Å². The second-order valence-corrected chi connectivity index (χ2v) is 4.57. The zero-order valence-electron chi connectivity index (χ0n) is 14.0. The van der Waals surface area contributed by atoms with Gasteiger partial charge in [0.05, 0.1) is 55.3 Å². The Morgan fingerprint density at radius 3 is 0.750 bits per heavy atom. The summed E-state index contributed by atoms with van der Waals surface area (Å²) in [6, 6.07) is -4.20. The fraction of sp³-hybridized carbons (Fsp3) is 0.500. The van der Waals surface area contributed by atoms with Crippen molar-refractivity contribution in [1.82, 2.24) is 0 Å². The molecule has 0 rings (SSSR count). The number of nitrogens with two attached hydrogens (primary N) is 3. The Bertz CT molecular complexity index is 480. The Hall–Kier alpha value is -2.77. The summed E-state index contributed by atoms with van der Waals surface area (Å²) in [6.45, 7) is 0. The zero-order valence-corrected chi connectivity index (χ0v) is 15.3. The Kier molecular flexibility index (Phi) is 20.7. The number of hydrogen-bond donors (Lipinski definition) is 6. The molecule has 0 unspecified atom stereocenters. The first kappa shape index (κ1) is 32.9. The van der Waals surface area contributed by atoms with E-state index in [0.29, 0.717) is 0 Å². The predicted molar refractivity (Wildman–Crippen MR) is 75.7 cm³/mol. The maximum Gasteiger partial charge on any atom is 3.00 e. The van der Waals surface area contributed by atoms with E-state index in [1.165, 1.54) is 0 Å². The first-order valence-corrected chi connectivity index (χ1v) is 6.66. The molecule has 28 heavy (non-hydrogen) atoms. The van der Waals surface area contributed by atoms with E-state index >= 15 is 0 Å². The van der Waals surface area contributed by atoms with Gasteiger partial charge in [-0.15, -0.1) is 0 Å². The van der Waals surface area contributed by atoms with Crippen LogP contribution < -0.4 is 32.5 Å². The molecule has 0 aliphatic carbocycles. The largest absolute Gasteiger partial charge is 3.00 e. The number of rotatable bonds is 9. The van der Waals surface area contributed by atoms with Crippen LogP contribution in [0.1, 0.15) is 19.3 Å². The van der Waals surface area contributed by atoms with Gasteiger partial charge < -0.3 is 62.2 Å². The average Bonchev–Trinajstić information content (AvgIpc) is 2.46. The zero-order chi connectivity index (χ0) is 22.3. The van der Waals surface area contributed by atoms with Gasteiger partial charge in [-0.25, -0.2) is 0 Å². The molecule has 3 atom stereocenters. The number of carboxylic acids is 6. The van der Waals surface area contributed by atoms with Gasteiger partial charge in [-0.2, -0.15) is 0 Å². The minimum atomic E-state index is -1.54. The van der Waals surface area contributed by atoms with Crippen molar-refractivity contribution in [1.29, 1.82) is 0 Å². The molecule has 0 saturated heterocycles. The van der Waals surface area contributed by atoms with E-state index in [0.717, 1.165) is 0 Å². The predicted octanol–water partition coefficient (Wildman–Crippen LogP) is -7.39. The van der Waals surface area contributed by atoms with Crippen molar-refractivity contribution < 1.29 is 76.8 Å². The SMILES string of the molecule is N[C@@H](CC(=O)O)C(=O)[O-].N[C@@H](CC(=O)O)C(=O)[O-].N[C@@H](CC(=O)O)C(=O)[O-].[Cr+3]. The Morgan fingerprint density at radius 1 is 0.571 bits per heavy atom. The average molecular weight is 448 g/mol. The summed E-state index contributed by atoms with van der Waals surface area (Å²) in [5.41, 5.74) is 14.3. The molecule has 1 radical (unpaired) electrons. The van der Waals surface area contributed by atoms with Crippen molar-refractivity contribution >= 4 is 35.8 Å². The van der Waals surface area contributed by atoms with Crippen LogP contribution in [0, 0.1) is 0 Å². The van der Waals surface area contributed by atoms with E-state index < -0.39 is 73.2 Å². The summed E-state index contributed by atoms with van der Waals surface area (Å²) in [4.78, 5) is 58.4. The Balaban J connectivity index is -0.000000152. The minimum absolute atomic E-state index is 0. The van der Waals surface area contributed by atoms with Gasteiger partial charge in [0.25, 0.3) is 0 Å². The molecule has 0 bridgehead atoms. The summed E-state index contributed by atoms with van der Waals surface area (Å²) >= 11 is 0. The van der Waals surface area contributed by atoms with Crippen LogP contribution in [0.4, 0.5) is 0 Å². The van der Waals surface area contributed by atoms with Crippen LogP contribution in [-0.2, 0) is 46.1 Å². The standard InChI is InChI=1S/3C4H7NO4.Cr/c3*5-2(4(8)9)1-3(6)7;/h3*2H,1,5H2,(H,6,7)(H,8,9);/q;;;+3/p-3/t3*2-;/m000./s1. The van der Waals surface area contributed by atoms with Crippen LogP contribution in [0.5, 0.6) is 0 Å². The van der Waals surface area contributed by atoms with Crippen LogP contribution in [0.25, 0.3) is 0 Å².